The second-order valence-electron chi connectivity index (χ2n) is 5.38. The Morgan fingerprint density at radius 1 is 1.19 bits per heavy atom. The molecule has 0 radical (unpaired) electrons. The summed E-state index contributed by atoms with van der Waals surface area (Å²) in [6, 6.07) is 6.72. The van der Waals surface area contributed by atoms with Crippen LogP contribution in [0.3, 0.4) is 0 Å². The van der Waals surface area contributed by atoms with E-state index in [1.165, 1.54) is 0 Å². The van der Waals surface area contributed by atoms with Crippen molar-refractivity contribution in [3.63, 3.8) is 0 Å². The van der Waals surface area contributed by atoms with Crippen LogP contribution in [0.25, 0.3) is 0 Å². The van der Waals surface area contributed by atoms with Crippen LogP contribution in [0, 0.1) is 0 Å². The van der Waals surface area contributed by atoms with Crippen molar-refractivity contribution in [2.24, 2.45) is 0 Å². The molecule has 2 rings (SSSR count). The largest absolute Gasteiger partial charge is 0.494 e. The van der Waals surface area contributed by atoms with Gasteiger partial charge in [-0.3, -0.25) is 0 Å². The Morgan fingerprint density at radius 2 is 1.86 bits per heavy atom. The summed E-state index contributed by atoms with van der Waals surface area (Å²) in [7, 11) is -1.51. The number of benzene rings is 1. The second-order valence-corrected chi connectivity index (χ2v) is 7.09. The van der Waals surface area contributed by atoms with Crippen molar-refractivity contribution >= 4 is 10.0 Å². The Bertz CT molecular complexity index is 522. The molecule has 1 aromatic carbocycles. The van der Waals surface area contributed by atoms with Gasteiger partial charge in [-0.1, -0.05) is 12.8 Å². The van der Waals surface area contributed by atoms with Gasteiger partial charge >= 0.3 is 0 Å². The van der Waals surface area contributed by atoms with Crippen LogP contribution >= 0.6 is 0 Å². The normalized spacial score (nSPS) is 16.2. The van der Waals surface area contributed by atoms with Crippen LogP contribution in [0.4, 0.5) is 0 Å². The van der Waals surface area contributed by atoms with E-state index in [0.717, 1.165) is 38.6 Å². The maximum atomic E-state index is 12.2. The van der Waals surface area contributed by atoms with Crippen molar-refractivity contribution in [3.8, 4) is 5.75 Å². The number of nitrogens with one attached hydrogen (secondary N) is 2. The van der Waals surface area contributed by atoms with Gasteiger partial charge in [-0.2, -0.15) is 0 Å². The lowest BCUT2D eigenvalue weighted by atomic mass is 10.3. The minimum atomic E-state index is -3.41. The topological polar surface area (TPSA) is 67.4 Å². The maximum Gasteiger partial charge on any atom is 0.240 e. The Hall–Kier alpha value is -1.11. The Morgan fingerprint density at radius 3 is 2.48 bits per heavy atom. The summed E-state index contributed by atoms with van der Waals surface area (Å²) in [5.41, 5.74) is 0. The first kappa shape index (κ1) is 16.3. The molecule has 21 heavy (non-hydrogen) atoms. The molecule has 1 saturated carbocycles. The van der Waals surface area contributed by atoms with Crippen LogP contribution < -0.4 is 14.8 Å². The van der Waals surface area contributed by atoms with E-state index < -0.39 is 10.0 Å². The maximum absolute atomic E-state index is 12.2. The minimum absolute atomic E-state index is 0.0903. The third-order valence-electron chi connectivity index (χ3n) is 3.65. The molecule has 118 valence electrons. The SMILES string of the molecule is CNCCCOc1ccc(S(=O)(=O)NC2CCCC2)cc1. The molecule has 2 N–H and O–H groups in total. The first-order valence-electron chi connectivity index (χ1n) is 7.51. The summed E-state index contributed by atoms with van der Waals surface area (Å²) in [6.45, 7) is 1.52. The number of rotatable bonds is 8. The van der Waals surface area contributed by atoms with Crippen molar-refractivity contribution in [1.29, 1.82) is 0 Å². The third-order valence-corrected chi connectivity index (χ3v) is 5.19. The molecule has 0 unspecified atom stereocenters. The highest BCUT2D eigenvalue weighted by Gasteiger charge is 2.22. The highest BCUT2D eigenvalue weighted by atomic mass is 32.2. The van der Waals surface area contributed by atoms with E-state index >= 15 is 0 Å². The molecule has 1 aliphatic carbocycles. The molecule has 5 nitrogen and oxygen atoms in total. The lowest BCUT2D eigenvalue weighted by Gasteiger charge is -2.13. The molecule has 0 aliphatic heterocycles. The second kappa shape index (κ2) is 7.77. The van der Waals surface area contributed by atoms with Crippen LogP contribution in [0.15, 0.2) is 29.2 Å². The fraction of sp³-hybridized carbons (Fsp3) is 0.600. The quantitative estimate of drug-likeness (QED) is 0.720. The molecular formula is C15H24N2O3S. The Kier molecular flexibility index (Phi) is 6.02. The average molecular weight is 312 g/mol. The number of ether oxygens (including phenoxy) is 1. The van der Waals surface area contributed by atoms with Gasteiger partial charge in [0.05, 0.1) is 11.5 Å². The summed E-state index contributed by atoms with van der Waals surface area (Å²) in [5.74, 6) is 0.700. The predicted octanol–water partition coefficient (Wildman–Crippen LogP) is 1.90. The van der Waals surface area contributed by atoms with E-state index in [2.05, 4.69) is 10.0 Å². The van der Waals surface area contributed by atoms with Crippen LogP contribution in [-0.2, 0) is 10.0 Å². The van der Waals surface area contributed by atoms with Gasteiger partial charge in [-0.15, -0.1) is 0 Å². The van der Waals surface area contributed by atoms with Gasteiger partial charge in [0.2, 0.25) is 10.0 Å². The summed E-state index contributed by atoms with van der Waals surface area (Å²) >= 11 is 0. The standard InChI is InChI=1S/C15H24N2O3S/c1-16-11-4-12-20-14-7-9-15(10-8-14)21(18,19)17-13-5-2-3-6-13/h7-10,13,16-17H,2-6,11-12H2,1H3. The molecule has 0 heterocycles. The van der Waals surface area contributed by atoms with E-state index in [9.17, 15) is 8.42 Å². The third kappa shape index (κ3) is 4.98. The van der Waals surface area contributed by atoms with Crippen LogP contribution in [0.1, 0.15) is 32.1 Å². The summed E-state index contributed by atoms with van der Waals surface area (Å²) in [5, 5.41) is 3.05. The predicted molar refractivity (Wildman–Crippen MR) is 83.1 cm³/mol. The molecule has 0 atom stereocenters. The molecule has 0 spiro atoms. The van der Waals surface area contributed by atoms with Crippen molar-refractivity contribution in [2.75, 3.05) is 20.2 Å². The van der Waals surface area contributed by atoms with Gasteiger partial charge in [0.25, 0.3) is 0 Å². The molecular weight excluding hydrogens is 288 g/mol. The van der Waals surface area contributed by atoms with Crippen molar-refractivity contribution in [1.82, 2.24) is 10.0 Å². The molecule has 0 amide bonds. The summed E-state index contributed by atoms with van der Waals surface area (Å²) in [6.07, 6.45) is 5.00. The average Bonchev–Trinajstić information content (AvgIpc) is 2.96. The Balaban J connectivity index is 1.90. The van der Waals surface area contributed by atoms with E-state index in [1.54, 1.807) is 24.3 Å². The molecule has 0 saturated heterocycles. The summed E-state index contributed by atoms with van der Waals surface area (Å²) in [4.78, 5) is 0.303. The van der Waals surface area contributed by atoms with E-state index in [1.807, 2.05) is 7.05 Å². The van der Waals surface area contributed by atoms with Crippen molar-refractivity contribution in [3.05, 3.63) is 24.3 Å². The highest BCUT2D eigenvalue weighted by Crippen LogP contribution is 2.21. The monoisotopic (exact) mass is 312 g/mol. The molecule has 6 heteroatoms. The first-order valence-corrected chi connectivity index (χ1v) is 9.00. The molecule has 1 fully saturated rings. The minimum Gasteiger partial charge on any atom is -0.494 e. The summed E-state index contributed by atoms with van der Waals surface area (Å²) < 4.78 is 32.8. The van der Waals surface area contributed by atoms with Crippen LogP contribution in [0.5, 0.6) is 5.75 Å². The van der Waals surface area contributed by atoms with Gasteiger partial charge in [0.1, 0.15) is 5.75 Å². The molecule has 1 aromatic rings. The van der Waals surface area contributed by atoms with Gasteiger partial charge in [0, 0.05) is 6.04 Å². The zero-order chi connectivity index (χ0) is 15.1. The van der Waals surface area contributed by atoms with Crippen LogP contribution in [-0.4, -0.2) is 34.7 Å². The fourth-order valence-corrected chi connectivity index (χ4v) is 3.79. The lowest BCUT2D eigenvalue weighted by molar-refractivity contribution is 0.309. The van der Waals surface area contributed by atoms with Gasteiger partial charge < -0.3 is 10.1 Å². The molecule has 0 aromatic heterocycles. The highest BCUT2D eigenvalue weighted by molar-refractivity contribution is 7.89. The van der Waals surface area contributed by atoms with E-state index in [0.29, 0.717) is 17.3 Å². The smallest absolute Gasteiger partial charge is 0.240 e. The number of sulfonamides is 1. The Labute approximate surface area is 127 Å². The fourth-order valence-electron chi connectivity index (χ4n) is 2.49. The molecule has 0 bridgehead atoms. The van der Waals surface area contributed by atoms with Gasteiger partial charge in [0.15, 0.2) is 0 Å². The van der Waals surface area contributed by atoms with E-state index in [4.69, 9.17) is 4.74 Å². The van der Waals surface area contributed by atoms with Crippen LogP contribution in [0.2, 0.25) is 0 Å². The zero-order valence-corrected chi connectivity index (χ0v) is 13.3. The first-order chi connectivity index (χ1) is 10.1. The van der Waals surface area contributed by atoms with Crippen molar-refractivity contribution < 1.29 is 13.2 Å². The zero-order valence-electron chi connectivity index (χ0n) is 12.5. The van der Waals surface area contributed by atoms with Crippen molar-refractivity contribution in [2.45, 2.75) is 43.0 Å². The van der Waals surface area contributed by atoms with Gasteiger partial charge in [-0.25, -0.2) is 13.1 Å². The van der Waals surface area contributed by atoms with Gasteiger partial charge in [-0.05, 0) is 57.1 Å². The van der Waals surface area contributed by atoms with E-state index in [-0.39, 0.29) is 6.04 Å². The lowest BCUT2D eigenvalue weighted by Crippen LogP contribution is -2.32. The number of hydrogen-bond donors (Lipinski definition) is 2. The molecule has 1 aliphatic rings. The number of hydrogen-bond acceptors (Lipinski definition) is 4.